The lowest BCUT2D eigenvalue weighted by atomic mass is 9.98. The molecule has 3 amide bonds. The molecule has 1 aliphatic carbocycles. The number of fused-ring (bicyclic) bond motifs is 4. The molecule has 0 fully saturated rings. The minimum atomic E-state index is -0.378. The number of nitrogens with zero attached hydrogens (tertiary/aromatic N) is 2. The highest BCUT2D eigenvalue weighted by Gasteiger charge is 2.34. The number of carbonyl (C=O) groups is 3. The quantitative estimate of drug-likeness (QED) is 0.167. The van der Waals surface area contributed by atoms with Crippen molar-refractivity contribution in [1.82, 2.24) is 9.80 Å². The van der Waals surface area contributed by atoms with Gasteiger partial charge >= 0.3 is 6.09 Å². The van der Waals surface area contributed by atoms with Crippen LogP contribution in [0.25, 0.3) is 11.1 Å². The first-order valence-electron chi connectivity index (χ1n) is 14.9. The average molecular weight is 603 g/mol. The number of hydrogen-bond acceptors (Lipinski definition) is 8. The maximum atomic E-state index is 12.6. The van der Waals surface area contributed by atoms with Gasteiger partial charge in [-0.25, -0.2) is 4.79 Å². The minimum Gasteiger partial charge on any atom is -0.448 e. The maximum Gasteiger partial charge on any atom is 0.409 e. The summed E-state index contributed by atoms with van der Waals surface area (Å²) >= 11 is 0. The minimum absolute atomic E-state index is 0.0300. The van der Waals surface area contributed by atoms with Gasteiger partial charge in [0, 0.05) is 19.5 Å². The van der Waals surface area contributed by atoms with Crippen LogP contribution in [0.5, 0.6) is 0 Å². The summed E-state index contributed by atoms with van der Waals surface area (Å²) in [5, 5.41) is 0. The molecule has 44 heavy (non-hydrogen) atoms. The third-order valence-electron chi connectivity index (χ3n) is 7.67. The molecule has 232 valence electrons. The molecule has 3 aromatic rings. The Bertz CT molecular complexity index is 1360. The molecular formula is C34H38N2O8. The summed E-state index contributed by atoms with van der Waals surface area (Å²) < 4.78 is 27.8. The Balaban J connectivity index is 0.844. The van der Waals surface area contributed by atoms with E-state index in [0.29, 0.717) is 63.9 Å². The summed E-state index contributed by atoms with van der Waals surface area (Å²) in [4.78, 5) is 39.9. The first-order chi connectivity index (χ1) is 21.6. The Morgan fingerprint density at radius 3 is 1.59 bits per heavy atom. The lowest BCUT2D eigenvalue weighted by Crippen LogP contribution is -2.33. The topological polar surface area (TPSA) is 104 Å². The van der Waals surface area contributed by atoms with E-state index in [2.05, 4.69) is 24.3 Å². The largest absolute Gasteiger partial charge is 0.448 e. The van der Waals surface area contributed by atoms with Crippen LogP contribution in [0.1, 0.15) is 37.8 Å². The fourth-order valence-electron chi connectivity index (χ4n) is 5.36. The number of rotatable bonds is 17. The van der Waals surface area contributed by atoms with Crippen molar-refractivity contribution < 1.29 is 38.1 Å². The van der Waals surface area contributed by atoms with Gasteiger partial charge in [0.2, 0.25) is 0 Å². The van der Waals surface area contributed by atoms with Crippen LogP contribution in [-0.4, -0.2) is 107 Å². The molecule has 0 saturated carbocycles. The molecule has 10 nitrogen and oxygen atoms in total. The molecular weight excluding hydrogens is 564 g/mol. The fraction of sp³-hybridized carbons (Fsp3) is 0.382. The molecule has 0 saturated heterocycles. The van der Waals surface area contributed by atoms with Gasteiger partial charge in [0.1, 0.15) is 6.61 Å². The van der Waals surface area contributed by atoms with E-state index >= 15 is 0 Å². The van der Waals surface area contributed by atoms with Crippen LogP contribution in [0.4, 0.5) is 4.79 Å². The van der Waals surface area contributed by atoms with Crippen LogP contribution in [-0.2, 0) is 23.7 Å². The summed E-state index contributed by atoms with van der Waals surface area (Å²) in [6.45, 7) is 3.89. The van der Waals surface area contributed by atoms with Gasteiger partial charge in [-0.05, 0) is 34.4 Å². The fourth-order valence-corrected chi connectivity index (χ4v) is 5.36. The molecule has 3 aromatic carbocycles. The Hall–Kier alpha value is -4.09. The number of hydrogen-bond donors (Lipinski definition) is 0. The zero-order valence-corrected chi connectivity index (χ0v) is 24.9. The van der Waals surface area contributed by atoms with Crippen molar-refractivity contribution in [2.45, 2.75) is 5.92 Å². The molecule has 0 aromatic heterocycles. The Kier molecular flexibility index (Phi) is 11.1. The highest BCUT2D eigenvalue weighted by atomic mass is 16.6. The second-order valence-corrected chi connectivity index (χ2v) is 10.5. The predicted molar refractivity (Wildman–Crippen MR) is 163 cm³/mol. The van der Waals surface area contributed by atoms with E-state index in [1.54, 1.807) is 31.3 Å². The summed E-state index contributed by atoms with van der Waals surface area (Å²) in [6.07, 6.45) is -0.378. The van der Waals surface area contributed by atoms with Crippen molar-refractivity contribution in [3.8, 4) is 11.1 Å². The number of amides is 3. The smallest absolute Gasteiger partial charge is 0.409 e. The third kappa shape index (κ3) is 7.51. The van der Waals surface area contributed by atoms with E-state index in [0.717, 1.165) is 0 Å². The second kappa shape index (κ2) is 15.6. The van der Waals surface area contributed by atoms with E-state index in [4.69, 9.17) is 23.7 Å². The van der Waals surface area contributed by atoms with Crippen LogP contribution in [0, 0.1) is 0 Å². The number of imide groups is 1. The molecule has 5 rings (SSSR count). The lowest BCUT2D eigenvalue weighted by molar-refractivity contribution is -0.00474. The van der Waals surface area contributed by atoms with Gasteiger partial charge in [-0.3, -0.25) is 14.5 Å². The van der Waals surface area contributed by atoms with Crippen molar-refractivity contribution in [2.75, 3.05) is 79.6 Å². The van der Waals surface area contributed by atoms with Crippen molar-refractivity contribution in [3.05, 3.63) is 95.1 Å². The summed E-state index contributed by atoms with van der Waals surface area (Å²) in [5.74, 6) is -0.536. The van der Waals surface area contributed by atoms with Crippen LogP contribution in [0.15, 0.2) is 72.8 Å². The number of ether oxygens (including phenoxy) is 5. The highest BCUT2D eigenvalue weighted by molar-refractivity contribution is 6.21. The van der Waals surface area contributed by atoms with Crippen molar-refractivity contribution >= 4 is 17.9 Å². The third-order valence-corrected chi connectivity index (χ3v) is 7.67. The van der Waals surface area contributed by atoms with Crippen LogP contribution >= 0.6 is 0 Å². The molecule has 0 unspecified atom stereocenters. The van der Waals surface area contributed by atoms with Gasteiger partial charge < -0.3 is 28.6 Å². The number of likely N-dealkylation sites (N-methyl/N-ethyl adjacent to an activating group) is 1. The predicted octanol–water partition coefficient (Wildman–Crippen LogP) is 4.23. The van der Waals surface area contributed by atoms with Gasteiger partial charge in [-0.15, -0.1) is 0 Å². The standard InChI is InChI=1S/C34H38N2O8/c1-35(34(39)44-24-31-27-10-4-2-8-25(27)26-9-3-5-11-28(26)31)14-16-40-18-20-42-22-23-43-21-19-41-17-15-36-32(37)29-12-6-7-13-30(29)33(36)38/h2-13,31H,14-24H2,1H3. The van der Waals surface area contributed by atoms with Crippen molar-refractivity contribution in [1.29, 1.82) is 0 Å². The normalized spacial score (nSPS) is 13.6. The van der Waals surface area contributed by atoms with Crippen LogP contribution in [0.3, 0.4) is 0 Å². The zero-order chi connectivity index (χ0) is 30.7. The second-order valence-electron chi connectivity index (χ2n) is 10.5. The summed E-state index contributed by atoms with van der Waals surface area (Å²) in [5.41, 5.74) is 5.64. The molecule has 1 aliphatic heterocycles. The summed E-state index contributed by atoms with van der Waals surface area (Å²) in [7, 11) is 1.70. The molecule has 0 bridgehead atoms. The molecule has 0 spiro atoms. The SMILES string of the molecule is CN(CCOCCOCCOCCOCCN1C(=O)c2ccccc2C1=O)C(=O)OCC1c2ccccc2-c2ccccc21. The number of benzene rings is 3. The Morgan fingerprint density at radius 1 is 0.636 bits per heavy atom. The van der Waals surface area contributed by atoms with Gasteiger partial charge in [-0.1, -0.05) is 60.7 Å². The molecule has 2 aliphatic rings. The van der Waals surface area contributed by atoms with Gasteiger partial charge in [0.15, 0.2) is 0 Å². The maximum absolute atomic E-state index is 12.6. The van der Waals surface area contributed by atoms with Crippen molar-refractivity contribution in [2.24, 2.45) is 0 Å². The van der Waals surface area contributed by atoms with E-state index in [-0.39, 0.29) is 43.6 Å². The molecule has 0 radical (unpaired) electrons. The first kappa shape index (κ1) is 31.3. The van der Waals surface area contributed by atoms with E-state index < -0.39 is 0 Å². The Morgan fingerprint density at radius 2 is 1.07 bits per heavy atom. The van der Waals surface area contributed by atoms with E-state index in [1.807, 2.05) is 24.3 Å². The summed E-state index contributed by atoms with van der Waals surface area (Å²) in [6, 6.07) is 23.3. The van der Waals surface area contributed by atoms with Crippen LogP contribution < -0.4 is 0 Å². The average Bonchev–Trinajstić information content (AvgIpc) is 3.50. The molecule has 10 heteroatoms. The monoisotopic (exact) mass is 602 g/mol. The van der Waals surface area contributed by atoms with Gasteiger partial charge in [0.25, 0.3) is 11.8 Å². The zero-order valence-electron chi connectivity index (χ0n) is 24.9. The molecule has 0 N–H and O–H groups in total. The van der Waals surface area contributed by atoms with Gasteiger partial charge in [0.05, 0.1) is 70.5 Å². The van der Waals surface area contributed by atoms with Crippen molar-refractivity contribution in [3.63, 3.8) is 0 Å². The molecule has 1 heterocycles. The van der Waals surface area contributed by atoms with Gasteiger partial charge in [-0.2, -0.15) is 0 Å². The van der Waals surface area contributed by atoms with E-state index in [1.165, 1.54) is 32.1 Å². The van der Waals surface area contributed by atoms with Crippen LogP contribution in [0.2, 0.25) is 0 Å². The first-order valence-corrected chi connectivity index (χ1v) is 14.9. The number of carbonyl (C=O) groups excluding carboxylic acids is 3. The molecule has 0 atom stereocenters. The Labute approximate surface area is 257 Å². The highest BCUT2D eigenvalue weighted by Crippen LogP contribution is 2.44. The lowest BCUT2D eigenvalue weighted by Gasteiger charge is -2.19. The van der Waals surface area contributed by atoms with E-state index in [9.17, 15) is 14.4 Å².